The molecule has 0 aliphatic rings. The molecule has 0 aliphatic heterocycles. The van der Waals surface area contributed by atoms with Crippen molar-refractivity contribution in [2.75, 3.05) is 18.4 Å². The molecule has 0 aromatic heterocycles. The van der Waals surface area contributed by atoms with E-state index in [1.54, 1.807) is 24.3 Å². The Morgan fingerprint density at radius 3 is 2.55 bits per heavy atom. The van der Waals surface area contributed by atoms with Gasteiger partial charge in [0.25, 0.3) is 0 Å². The van der Waals surface area contributed by atoms with Crippen molar-refractivity contribution in [2.24, 2.45) is 10.9 Å². The maximum absolute atomic E-state index is 11.8. The summed E-state index contributed by atoms with van der Waals surface area (Å²) >= 11 is 0. The van der Waals surface area contributed by atoms with Crippen molar-refractivity contribution >= 4 is 17.4 Å². The smallest absolute Gasteiger partial charge is 0.225 e. The average Bonchev–Trinajstić information content (AvgIpc) is 2.54. The molecule has 1 rings (SSSR count). The minimum atomic E-state index is -0.0300. The molecule has 1 amide bonds. The van der Waals surface area contributed by atoms with Gasteiger partial charge in [-0.15, -0.1) is 0 Å². The molecule has 1 aromatic carbocycles. The van der Waals surface area contributed by atoms with Gasteiger partial charge in [-0.2, -0.15) is 0 Å². The van der Waals surface area contributed by atoms with Crippen LogP contribution in [0.15, 0.2) is 29.4 Å². The quantitative estimate of drug-likeness (QED) is 0.175. The minimum absolute atomic E-state index is 0.0300. The van der Waals surface area contributed by atoms with Crippen molar-refractivity contribution in [2.45, 2.75) is 39.0 Å². The van der Waals surface area contributed by atoms with Crippen LogP contribution < -0.4 is 16.4 Å². The fourth-order valence-corrected chi connectivity index (χ4v) is 2.01. The summed E-state index contributed by atoms with van der Waals surface area (Å²) in [5, 5.41) is 17.6. The Balaban J connectivity index is 2.22. The van der Waals surface area contributed by atoms with Gasteiger partial charge in [-0.3, -0.25) is 4.79 Å². The summed E-state index contributed by atoms with van der Waals surface area (Å²) in [5.74, 6) is 0.0164. The third-order valence-electron chi connectivity index (χ3n) is 3.31. The molecule has 6 heteroatoms. The summed E-state index contributed by atoms with van der Waals surface area (Å²) in [6, 6.07) is 6.83. The predicted molar refractivity (Wildman–Crippen MR) is 89.2 cm³/mol. The highest BCUT2D eigenvalue weighted by molar-refractivity contribution is 5.98. The Bertz CT molecular complexity index is 472. The van der Waals surface area contributed by atoms with E-state index in [4.69, 9.17) is 10.9 Å². The monoisotopic (exact) mass is 306 g/mol. The Morgan fingerprint density at radius 1 is 1.18 bits per heavy atom. The Morgan fingerprint density at radius 2 is 1.91 bits per heavy atom. The number of carbonyl (C=O) groups excluding carboxylic acids is 1. The average molecular weight is 306 g/mol. The number of benzene rings is 1. The van der Waals surface area contributed by atoms with Crippen LogP contribution in [0.2, 0.25) is 0 Å². The minimum Gasteiger partial charge on any atom is -0.409 e. The van der Waals surface area contributed by atoms with Crippen LogP contribution >= 0.6 is 0 Å². The molecule has 0 unspecified atom stereocenters. The normalized spacial score (nSPS) is 11.4. The number of unbranched alkanes of at least 4 members (excludes halogenated alkanes) is 3. The second kappa shape index (κ2) is 10.6. The first kappa shape index (κ1) is 18.0. The SMILES string of the molecule is CCCCCCNCCC(=O)Nc1ccc(/C(N)=N/O)cc1. The molecule has 0 saturated carbocycles. The maximum atomic E-state index is 11.8. The topological polar surface area (TPSA) is 99.7 Å². The number of nitrogens with two attached hydrogens (primary N) is 1. The highest BCUT2D eigenvalue weighted by Gasteiger charge is 2.03. The van der Waals surface area contributed by atoms with E-state index in [2.05, 4.69) is 22.7 Å². The molecule has 22 heavy (non-hydrogen) atoms. The maximum Gasteiger partial charge on any atom is 0.225 e. The standard InChI is InChI=1S/C16H26N4O2/c1-2-3-4-5-11-18-12-10-15(21)19-14-8-6-13(7-9-14)16(17)20-22/h6-9,18,22H,2-5,10-12H2,1H3,(H2,17,20)(H,19,21). The molecule has 0 radical (unpaired) electrons. The number of hydrogen-bond acceptors (Lipinski definition) is 4. The molecule has 0 aliphatic carbocycles. The van der Waals surface area contributed by atoms with Gasteiger partial charge in [0.2, 0.25) is 5.91 Å². The van der Waals surface area contributed by atoms with Gasteiger partial charge in [0, 0.05) is 24.2 Å². The second-order valence-electron chi connectivity index (χ2n) is 5.17. The molecule has 0 heterocycles. The number of amides is 1. The van der Waals surface area contributed by atoms with Gasteiger partial charge in [0.15, 0.2) is 5.84 Å². The van der Waals surface area contributed by atoms with Gasteiger partial charge in [0.05, 0.1) is 0 Å². The first-order valence-corrected chi connectivity index (χ1v) is 7.76. The fourth-order valence-electron chi connectivity index (χ4n) is 2.01. The van der Waals surface area contributed by atoms with Crippen molar-refractivity contribution in [3.05, 3.63) is 29.8 Å². The summed E-state index contributed by atoms with van der Waals surface area (Å²) in [4.78, 5) is 11.8. The highest BCUT2D eigenvalue weighted by Crippen LogP contribution is 2.09. The van der Waals surface area contributed by atoms with Crippen LogP contribution in [0.4, 0.5) is 5.69 Å². The molecule has 0 saturated heterocycles. The molecular formula is C16H26N4O2. The lowest BCUT2D eigenvalue weighted by molar-refractivity contribution is -0.116. The van der Waals surface area contributed by atoms with Crippen LogP contribution in [0.25, 0.3) is 0 Å². The van der Waals surface area contributed by atoms with Gasteiger partial charge in [-0.1, -0.05) is 31.3 Å². The van der Waals surface area contributed by atoms with Crippen molar-refractivity contribution < 1.29 is 10.0 Å². The molecular weight excluding hydrogens is 280 g/mol. The Hall–Kier alpha value is -2.08. The third kappa shape index (κ3) is 7.08. The molecule has 0 atom stereocenters. The van der Waals surface area contributed by atoms with E-state index in [1.807, 2.05) is 0 Å². The third-order valence-corrected chi connectivity index (χ3v) is 3.31. The van der Waals surface area contributed by atoms with Crippen LogP contribution in [0, 0.1) is 0 Å². The van der Waals surface area contributed by atoms with Gasteiger partial charge in [-0.25, -0.2) is 0 Å². The number of nitrogens with one attached hydrogen (secondary N) is 2. The predicted octanol–water partition coefficient (Wildman–Crippen LogP) is 2.28. The molecule has 1 aromatic rings. The van der Waals surface area contributed by atoms with E-state index in [9.17, 15) is 4.79 Å². The summed E-state index contributed by atoms with van der Waals surface area (Å²) in [5.41, 5.74) is 6.78. The lowest BCUT2D eigenvalue weighted by atomic mass is 10.2. The number of rotatable bonds is 10. The fraction of sp³-hybridized carbons (Fsp3) is 0.500. The van der Waals surface area contributed by atoms with E-state index in [-0.39, 0.29) is 11.7 Å². The zero-order valence-electron chi connectivity index (χ0n) is 13.1. The van der Waals surface area contributed by atoms with Gasteiger partial charge < -0.3 is 21.6 Å². The summed E-state index contributed by atoms with van der Waals surface area (Å²) < 4.78 is 0. The van der Waals surface area contributed by atoms with Crippen LogP contribution in [-0.4, -0.2) is 30.0 Å². The van der Waals surface area contributed by atoms with Gasteiger partial charge in [-0.05, 0) is 37.2 Å². The van der Waals surface area contributed by atoms with Crippen molar-refractivity contribution in [1.82, 2.24) is 5.32 Å². The van der Waals surface area contributed by atoms with Crippen molar-refractivity contribution in [3.8, 4) is 0 Å². The van der Waals surface area contributed by atoms with E-state index in [1.165, 1.54) is 19.3 Å². The number of amidine groups is 1. The molecule has 0 spiro atoms. The Kier molecular flexibility index (Phi) is 8.67. The summed E-state index contributed by atoms with van der Waals surface area (Å²) in [6.07, 6.45) is 5.34. The Labute approximate surface area is 131 Å². The van der Waals surface area contributed by atoms with E-state index >= 15 is 0 Å². The van der Waals surface area contributed by atoms with Crippen molar-refractivity contribution in [3.63, 3.8) is 0 Å². The van der Waals surface area contributed by atoms with E-state index in [0.717, 1.165) is 13.0 Å². The number of hydrogen-bond donors (Lipinski definition) is 4. The summed E-state index contributed by atoms with van der Waals surface area (Å²) in [7, 11) is 0. The molecule has 0 fully saturated rings. The van der Waals surface area contributed by atoms with E-state index < -0.39 is 0 Å². The zero-order valence-corrected chi connectivity index (χ0v) is 13.1. The highest BCUT2D eigenvalue weighted by atomic mass is 16.4. The molecule has 0 bridgehead atoms. The lowest BCUT2D eigenvalue weighted by Crippen LogP contribution is -2.22. The molecule has 5 N–H and O–H groups in total. The zero-order chi connectivity index (χ0) is 16.2. The van der Waals surface area contributed by atoms with Crippen LogP contribution in [0.5, 0.6) is 0 Å². The molecule has 6 nitrogen and oxygen atoms in total. The van der Waals surface area contributed by atoms with Crippen LogP contribution in [0.1, 0.15) is 44.6 Å². The van der Waals surface area contributed by atoms with Crippen LogP contribution in [-0.2, 0) is 4.79 Å². The van der Waals surface area contributed by atoms with Crippen molar-refractivity contribution in [1.29, 1.82) is 0 Å². The van der Waals surface area contributed by atoms with Crippen LogP contribution in [0.3, 0.4) is 0 Å². The number of anilines is 1. The van der Waals surface area contributed by atoms with E-state index in [0.29, 0.717) is 24.2 Å². The lowest BCUT2D eigenvalue weighted by Gasteiger charge is -2.07. The first-order valence-electron chi connectivity index (χ1n) is 7.76. The number of oxime groups is 1. The summed E-state index contributed by atoms with van der Waals surface area (Å²) in [6.45, 7) is 3.83. The largest absolute Gasteiger partial charge is 0.409 e. The van der Waals surface area contributed by atoms with Gasteiger partial charge >= 0.3 is 0 Å². The molecule has 122 valence electrons. The number of carbonyl (C=O) groups is 1. The van der Waals surface area contributed by atoms with Gasteiger partial charge in [0.1, 0.15) is 0 Å². The second-order valence-corrected chi connectivity index (χ2v) is 5.17. The number of nitrogens with zero attached hydrogens (tertiary/aromatic N) is 1. The first-order chi connectivity index (χ1) is 10.7.